The molecule has 0 aromatic carbocycles. The van der Waals surface area contributed by atoms with E-state index in [0.717, 1.165) is 18.4 Å². The summed E-state index contributed by atoms with van der Waals surface area (Å²) in [5.74, 6) is 0.485. The zero-order chi connectivity index (χ0) is 9.68. The van der Waals surface area contributed by atoms with Gasteiger partial charge in [0, 0.05) is 6.20 Å². The van der Waals surface area contributed by atoms with Gasteiger partial charge in [0.1, 0.15) is 6.29 Å². The highest BCUT2D eigenvalue weighted by Crippen LogP contribution is 2.19. The van der Waals surface area contributed by atoms with Crippen molar-refractivity contribution < 1.29 is 4.79 Å². The number of carbonyl (C=O) groups is 1. The van der Waals surface area contributed by atoms with E-state index < -0.39 is 0 Å². The molecule has 2 heteroatoms. The molecule has 13 heavy (non-hydrogen) atoms. The van der Waals surface area contributed by atoms with Gasteiger partial charge < -0.3 is 4.79 Å². The summed E-state index contributed by atoms with van der Waals surface area (Å²) in [7, 11) is 0. The van der Waals surface area contributed by atoms with Crippen LogP contribution in [-0.2, 0) is 4.79 Å². The predicted molar refractivity (Wildman–Crippen MR) is 52.5 cm³/mol. The molecule has 0 N–H and O–H groups in total. The van der Waals surface area contributed by atoms with Crippen molar-refractivity contribution in [1.82, 2.24) is 4.98 Å². The van der Waals surface area contributed by atoms with Crippen molar-refractivity contribution in [3.05, 3.63) is 30.1 Å². The summed E-state index contributed by atoms with van der Waals surface area (Å²) in [6.07, 6.45) is 3.59. The third-order valence-electron chi connectivity index (χ3n) is 1.96. The molecule has 1 heterocycles. The molecule has 0 amide bonds. The fourth-order valence-corrected chi connectivity index (χ4v) is 1.35. The molecule has 70 valence electrons. The molecule has 0 saturated heterocycles. The highest BCUT2D eigenvalue weighted by atomic mass is 16.1. The van der Waals surface area contributed by atoms with Gasteiger partial charge in [0.15, 0.2) is 0 Å². The van der Waals surface area contributed by atoms with Crippen LogP contribution in [0.3, 0.4) is 0 Å². The summed E-state index contributed by atoms with van der Waals surface area (Å²) in [5, 5.41) is 0. The normalized spacial score (nSPS) is 12.8. The average Bonchev–Trinajstić information content (AvgIpc) is 2.15. The van der Waals surface area contributed by atoms with Gasteiger partial charge in [-0.05, 0) is 24.5 Å². The molecule has 0 aliphatic carbocycles. The molecule has 0 fully saturated rings. The van der Waals surface area contributed by atoms with Crippen molar-refractivity contribution >= 4 is 6.29 Å². The van der Waals surface area contributed by atoms with Crippen molar-refractivity contribution in [2.45, 2.75) is 26.2 Å². The topological polar surface area (TPSA) is 30.0 Å². The third kappa shape index (κ3) is 2.98. The first-order valence-electron chi connectivity index (χ1n) is 4.60. The first-order chi connectivity index (χ1) is 6.24. The smallest absolute Gasteiger partial charge is 0.129 e. The summed E-state index contributed by atoms with van der Waals surface area (Å²) >= 11 is 0. The Morgan fingerprint density at radius 1 is 1.46 bits per heavy atom. The summed E-state index contributed by atoms with van der Waals surface area (Å²) < 4.78 is 0. The van der Waals surface area contributed by atoms with Gasteiger partial charge in [0.25, 0.3) is 0 Å². The largest absolute Gasteiger partial charge is 0.303 e. The zero-order valence-electron chi connectivity index (χ0n) is 8.10. The van der Waals surface area contributed by atoms with Crippen LogP contribution in [0.15, 0.2) is 24.4 Å². The van der Waals surface area contributed by atoms with E-state index in [0.29, 0.717) is 5.92 Å². The molecule has 1 rings (SSSR count). The molecular formula is C11H15NO. The second-order valence-electron chi connectivity index (χ2n) is 3.63. The maximum Gasteiger partial charge on any atom is 0.129 e. The van der Waals surface area contributed by atoms with Crippen molar-refractivity contribution in [1.29, 1.82) is 0 Å². The fraction of sp³-hybridized carbons (Fsp3) is 0.455. The Labute approximate surface area is 79.0 Å². The second kappa shape index (κ2) is 4.75. The predicted octanol–water partition coefficient (Wildman–Crippen LogP) is 2.41. The molecule has 1 atom stereocenters. The van der Waals surface area contributed by atoms with E-state index in [1.165, 1.54) is 0 Å². The van der Waals surface area contributed by atoms with E-state index in [1.807, 2.05) is 18.2 Å². The van der Waals surface area contributed by atoms with E-state index in [1.54, 1.807) is 6.20 Å². The van der Waals surface area contributed by atoms with E-state index >= 15 is 0 Å². The van der Waals surface area contributed by atoms with Crippen LogP contribution in [0.4, 0.5) is 0 Å². The molecule has 1 aromatic heterocycles. The number of hydrogen-bond acceptors (Lipinski definition) is 2. The van der Waals surface area contributed by atoms with Crippen LogP contribution < -0.4 is 0 Å². The standard InChI is InChI=1S/C11H15NO/c1-9(2)7-10(8-13)11-5-3-4-6-12-11/h3-6,8-10H,7H2,1-2H3. The van der Waals surface area contributed by atoms with Gasteiger partial charge in [0.2, 0.25) is 0 Å². The zero-order valence-corrected chi connectivity index (χ0v) is 8.10. The van der Waals surface area contributed by atoms with Crippen LogP contribution in [0.5, 0.6) is 0 Å². The first kappa shape index (κ1) is 9.90. The van der Waals surface area contributed by atoms with Crippen LogP contribution in [0.2, 0.25) is 0 Å². The van der Waals surface area contributed by atoms with Gasteiger partial charge in [-0.3, -0.25) is 4.98 Å². The molecule has 1 aromatic rings. The SMILES string of the molecule is CC(C)CC(C=O)c1ccccn1. The number of aldehydes is 1. The number of nitrogens with zero attached hydrogens (tertiary/aromatic N) is 1. The van der Waals surface area contributed by atoms with E-state index in [2.05, 4.69) is 18.8 Å². The van der Waals surface area contributed by atoms with Crippen molar-refractivity contribution in [2.24, 2.45) is 5.92 Å². The minimum Gasteiger partial charge on any atom is -0.303 e. The summed E-state index contributed by atoms with van der Waals surface area (Å²) in [6.45, 7) is 4.22. The lowest BCUT2D eigenvalue weighted by Crippen LogP contribution is -2.05. The van der Waals surface area contributed by atoms with Gasteiger partial charge in [0.05, 0.1) is 11.6 Å². The van der Waals surface area contributed by atoms with Gasteiger partial charge >= 0.3 is 0 Å². The maximum absolute atomic E-state index is 10.8. The molecule has 0 aliphatic rings. The summed E-state index contributed by atoms with van der Waals surface area (Å²) in [6, 6.07) is 5.68. The van der Waals surface area contributed by atoms with Gasteiger partial charge in [-0.2, -0.15) is 0 Å². The van der Waals surface area contributed by atoms with E-state index in [9.17, 15) is 4.79 Å². The summed E-state index contributed by atoms with van der Waals surface area (Å²) in [5.41, 5.74) is 0.881. The number of pyridine rings is 1. The number of hydrogen-bond donors (Lipinski definition) is 0. The molecule has 0 spiro atoms. The van der Waals surface area contributed by atoms with Crippen LogP contribution in [0.25, 0.3) is 0 Å². The van der Waals surface area contributed by atoms with E-state index in [-0.39, 0.29) is 5.92 Å². The molecular weight excluding hydrogens is 162 g/mol. The average molecular weight is 177 g/mol. The molecule has 0 saturated carbocycles. The lowest BCUT2D eigenvalue weighted by molar-refractivity contribution is -0.109. The lowest BCUT2D eigenvalue weighted by Gasteiger charge is -2.11. The van der Waals surface area contributed by atoms with Gasteiger partial charge in [-0.25, -0.2) is 0 Å². The highest BCUT2D eigenvalue weighted by Gasteiger charge is 2.12. The van der Waals surface area contributed by atoms with Crippen molar-refractivity contribution in [3.8, 4) is 0 Å². The quantitative estimate of drug-likeness (QED) is 0.661. The maximum atomic E-state index is 10.8. The van der Waals surface area contributed by atoms with Crippen molar-refractivity contribution in [3.63, 3.8) is 0 Å². The Balaban J connectivity index is 2.73. The Bertz CT molecular complexity index is 256. The Morgan fingerprint density at radius 2 is 2.23 bits per heavy atom. The Morgan fingerprint density at radius 3 is 2.69 bits per heavy atom. The molecule has 2 nitrogen and oxygen atoms in total. The number of aromatic nitrogens is 1. The van der Waals surface area contributed by atoms with E-state index in [4.69, 9.17) is 0 Å². The molecule has 1 unspecified atom stereocenters. The molecule has 0 bridgehead atoms. The van der Waals surface area contributed by atoms with Crippen LogP contribution >= 0.6 is 0 Å². The minimum atomic E-state index is -0.0406. The van der Waals surface area contributed by atoms with Crippen molar-refractivity contribution in [2.75, 3.05) is 0 Å². The Kier molecular flexibility index (Phi) is 3.62. The monoisotopic (exact) mass is 177 g/mol. The highest BCUT2D eigenvalue weighted by molar-refractivity contribution is 5.60. The Hall–Kier alpha value is -1.18. The third-order valence-corrected chi connectivity index (χ3v) is 1.96. The lowest BCUT2D eigenvalue weighted by atomic mass is 9.95. The molecule has 0 radical (unpaired) electrons. The first-order valence-corrected chi connectivity index (χ1v) is 4.60. The van der Waals surface area contributed by atoms with Gasteiger partial charge in [-0.15, -0.1) is 0 Å². The van der Waals surface area contributed by atoms with Crippen LogP contribution in [0.1, 0.15) is 31.9 Å². The fourth-order valence-electron chi connectivity index (χ4n) is 1.35. The number of rotatable bonds is 4. The van der Waals surface area contributed by atoms with Gasteiger partial charge in [-0.1, -0.05) is 19.9 Å². The summed E-state index contributed by atoms with van der Waals surface area (Å²) in [4.78, 5) is 15.0. The van der Waals surface area contributed by atoms with Crippen LogP contribution in [-0.4, -0.2) is 11.3 Å². The molecule has 0 aliphatic heterocycles. The van der Waals surface area contributed by atoms with Crippen LogP contribution in [0, 0.1) is 5.92 Å². The second-order valence-corrected chi connectivity index (χ2v) is 3.63. The minimum absolute atomic E-state index is 0.0406. The number of carbonyl (C=O) groups excluding carboxylic acids is 1.